The van der Waals surface area contributed by atoms with E-state index in [-0.39, 0.29) is 0 Å². The van der Waals surface area contributed by atoms with E-state index >= 15 is 0 Å². The molecule has 0 atom stereocenters. The second-order valence-corrected chi connectivity index (χ2v) is 13.7. The quantitative estimate of drug-likeness (QED) is 0.166. The third kappa shape index (κ3) is 5.62. The normalized spacial score (nSPS) is 11.3. The summed E-state index contributed by atoms with van der Waals surface area (Å²) in [5.74, 6) is 0. The van der Waals surface area contributed by atoms with Gasteiger partial charge in [0, 0.05) is 22.3 Å². The fourth-order valence-electron chi connectivity index (χ4n) is 7.81. The predicted molar refractivity (Wildman–Crippen MR) is 228 cm³/mol. The first kappa shape index (κ1) is 31.6. The molecule has 0 N–H and O–H groups in total. The fourth-order valence-corrected chi connectivity index (χ4v) is 7.81. The van der Waals surface area contributed by atoms with Crippen molar-refractivity contribution in [1.82, 2.24) is 0 Å². The van der Waals surface area contributed by atoms with E-state index in [4.69, 9.17) is 4.42 Å². The van der Waals surface area contributed by atoms with Gasteiger partial charge in [-0.2, -0.15) is 0 Å². The van der Waals surface area contributed by atoms with Crippen LogP contribution in [0.5, 0.6) is 0 Å². The summed E-state index contributed by atoms with van der Waals surface area (Å²) in [6.07, 6.45) is 0. The lowest BCUT2D eigenvalue weighted by Crippen LogP contribution is -2.10. The molecule has 54 heavy (non-hydrogen) atoms. The molecule has 10 rings (SSSR count). The van der Waals surface area contributed by atoms with E-state index in [1.165, 1.54) is 44.2 Å². The minimum absolute atomic E-state index is 0.877. The van der Waals surface area contributed by atoms with Gasteiger partial charge >= 0.3 is 0 Å². The topological polar surface area (TPSA) is 16.4 Å². The molecule has 0 aliphatic carbocycles. The van der Waals surface area contributed by atoms with Crippen LogP contribution in [0.4, 0.5) is 17.1 Å². The molecule has 254 valence electrons. The van der Waals surface area contributed by atoms with Gasteiger partial charge in [-0.25, -0.2) is 0 Å². The fraction of sp³-hybridized carbons (Fsp3) is 0. The van der Waals surface area contributed by atoms with Gasteiger partial charge in [-0.05, 0) is 92.2 Å². The first-order chi connectivity index (χ1) is 26.8. The predicted octanol–water partition coefficient (Wildman–Crippen LogP) is 14.9. The van der Waals surface area contributed by atoms with E-state index in [2.05, 4.69) is 217 Å². The standard InChI is InChI=1S/C52H35NO/c1-4-12-36(13-5-1)38-20-22-39(23-21-38)41-26-31-45(32-27-41)53(44-29-24-40(25-30-44)37-14-6-2-7-15-37)48-34-33-47(42-16-8-3-9-17-42)52-51(48)50-46-19-11-10-18-43(46)28-35-49(50)54-52/h1-35H. The molecular weight excluding hydrogens is 655 g/mol. The van der Waals surface area contributed by atoms with Gasteiger partial charge in [-0.1, -0.05) is 170 Å². The molecule has 0 bridgehead atoms. The Labute approximate surface area is 314 Å². The molecule has 10 aromatic rings. The highest BCUT2D eigenvalue weighted by molar-refractivity contribution is 6.25. The van der Waals surface area contributed by atoms with Crippen LogP contribution in [0.15, 0.2) is 217 Å². The Bertz CT molecular complexity index is 2880. The van der Waals surface area contributed by atoms with Gasteiger partial charge in [0.25, 0.3) is 0 Å². The Balaban J connectivity index is 1.17. The number of rotatable bonds is 7. The monoisotopic (exact) mass is 689 g/mol. The van der Waals surface area contributed by atoms with Crippen molar-refractivity contribution in [3.63, 3.8) is 0 Å². The lowest BCUT2D eigenvalue weighted by Gasteiger charge is -2.27. The van der Waals surface area contributed by atoms with Crippen LogP contribution < -0.4 is 4.90 Å². The Morgan fingerprint density at radius 1 is 0.315 bits per heavy atom. The Hall–Kier alpha value is -7.16. The van der Waals surface area contributed by atoms with Crippen molar-refractivity contribution in [1.29, 1.82) is 0 Å². The summed E-state index contributed by atoms with van der Waals surface area (Å²) in [6, 6.07) is 75.7. The van der Waals surface area contributed by atoms with Crippen molar-refractivity contribution in [2.75, 3.05) is 4.90 Å². The molecule has 1 heterocycles. The number of hydrogen-bond donors (Lipinski definition) is 0. The summed E-state index contributed by atoms with van der Waals surface area (Å²) < 4.78 is 6.88. The molecule has 0 unspecified atom stereocenters. The van der Waals surface area contributed by atoms with E-state index in [0.717, 1.165) is 50.1 Å². The largest absolute Gasteiger partial charge is 0.455 e. The summed E-state index contributed by atoms with van der Waals surface area (Å²) in [5.41, 5.74) is 14.3. The zero-order valence-electron chi connectivity index (χ0n) is 29.6. The zero-order chi connectivity index (χ0) is 35.8. The van der Waals surface area contributed by atoms with E-state index in [1.54, 1.807) is 0 Å². The van der Waals surface area contributed by atoms with Gasteiger partial charge < -0.3 is 9.32 Å². The molecule has 9 aromatic carbocycles. The average Bonchev–Trinajstić information content (AvgIpc) is 3.66. The van der Waals surface area contributed by atoms with Crippen LogP contribution in [0, 0.1) is 0 Å². The van der Waals surface area contributed by atoms with Gasteiger partial charge in [0.15, 0.2) is 0 Å². The molecule has 0 spiro atoms. The SMILES string of the molecule is c1ccc(-c2ccc(-c3ccc(N(c4ccc(-c5ccccc5)cc4)c4ccc(-c5ccccc5)c5oc6ccc7ccccc7c6c45)cc3)cc2)cc1. The van der Waals surface area contributed by atoms with Crippen molar-refractivity contribution in [3.05, 3.63) is 212 Å². The molecule has 0 fully saturated rings. The van der Waals surface area contributed by atoms with Gasteiger partial charge in [0.2, 0.25) is 0 Å². The number of nitrogens with zero attached hydrogens (tertiary/aromatic N) is 1. The van der Waals surface area contributed by atoms with Crippen LogP contribution in [-0.4, -0.2) is 0 Å². The average molecular weight is 690 g/mol. The lowest BCUT2D eigenvalue weighted by atomic mass is 9.97. The highest BCUT2D eigenvalue weighted by Crippen LogP contribution is 2.48. The molecule has 1 aromatic heterocycles. The smallest absolute Gasteiger partial charge is 0.145 e. The van der Waals surface area contributed by atoms with E-state index < -0.39 is 0 Å². The van der Waals surface area contributed by atoms with Crippen molar-refractivity contribution in [2.24, 2.45) is 0 Å². The van der Waals surface area contributed by atoms with Crippen molar-refractivity contribution < 1.29 is 4.42 Å². The maximum Gasteiger partial charge on any atom is 0.145 e. The number of furan rings is 1. The first-order valence-corrected chi connectivity index (χ1v) is 18.4. The highest BCUT2D eigenvalue weighted by atomic mass is 16.3. The molecular formula is C52H35NO. The number of hydrogen-bond acceptors (Lipinski definition) is 2. The summed E-state index contributed by atoms with van der Waals surface area (Å²) in [7, 11) is 0. The van der Waals surface area contributed by atoms with E-state index in [1.807, 2.05) is 0 Å². The minimum atomic E-state index is 0.877. The van der Waals surface area contributed by atoms with Gasteiger partial charge in [0.1, 0.15) is 11.2 Å². The van der Waals surface area contributed by atoms with Gasteiger partial charge in [-0.3, -0.25) is 0 Å². The summed E-state index contributed by atoms with van der Waals surface area (Å²) in [6.45, 7) is 0. The molecule has 0 radical (unpaired) electrons. The highest BCUT2D eigenvalue weighted by Gasteiger charge is 2.23. The number of fused-ring (bicyclic) bond motifs is 5. The van der Waals surface area contributed by atoms with Crippen LogP contribution in [0.2, 0.25) is 0 Å². The van der Waals surface area contributed by atoms with Gasteiger partial charge in [0.05, 0.1) is 11.1 Å². The Morgan fingerprint density at radius 2 is 0.759 bits per heavy atom. The maximum atomic E-state index is 6.88. The van der Waals surface area contributed by atoms with Crippen molar-refractivity contribution in [2.45, 2.75) is 0 Å². The molecule has 0 saturated heterocycles. The minimum Gasteiger partial charge on any atom is -0.455 e. The van der Waals surface area contributed by atoms with Crippen LogP contribution in [0.3, 0.4) is 0 Å². The third-order valence-corrected chi connectivity index (χ3v) is 10.5. The molecule has 0 aliphatic rings. The van der Waals surface area contributed by atoms with Crippen LogP contribution in [-0.2, 0) is 0 Å². The first-order valence-electron chi connectivity index (χ1n) is 18.4. The van der Waals surface area contributed by atoms with E-state index in [9.17, 15) is 0 Å². The third-order valence-electron chi connectivity index (χ3n) is 10.5. The van der Waals surface area contributed by atoms with Crippen LogP contribution in [0.25, 0.3) is 77.2 Å². The summed E-state index contributed by atoms with van der Waals surface area (Å²) in [5, 5.41) is 4.58. The van der Waals surface area contributed by atoms with Gasteiger partial charge in [-0.15, -0.1) is 0 Å². The van der Waals surface area contributed by atoms with Crippen LogP contribution in [0.1, 0.15) is 0 Å². The van der Waals surface area contributed by atoms with E-state index in [0.29, 0.717) is 0 Å². The number of anilines is 3. The zero-order valence-corrected chi connectivity index (χ0v) is 29.6. The lowest BCUT2D eigenvalue weighted by molar-refractivity contribution is 0.670. The van der Waals surface area contributed by atoms with Crippen LogP contribution >= 0.6 is 0 Å². The van der Waals surface area contributed by atoms with Crippen molar-refractivity contribution >= 4 is 49.8 Å². The second kappa shape index (κ2) is 13.4. The number of benzene rings is 9. The maximum absolute atomic E-state index is 6.88. The molecule has 0 saturated carbocycles. The Morgan fingerprint density at radius 3 is 1.30 bits per heavy atom. The molecule has 0 amide bonds. The molecule has 2 nitrogen and oxygen atoms in total. The summed E-state index contributed by atoms with van der Waals surface area (Å²) in [4.78, 5) is 2.38. The second-order valence-electron chi connectivity index (χ2n) is 13.7. The van der Waals surface area contributed by atoms with Crippen molar-refractivity contribution in [3.8, 4) is 44.5 Å². The molecule has 2 heteroatoms. The summed E-state index contributed by atoms with van der Waals surface area (Å²) >= 11 is 0. The Kier molecular flexibility index (Phi) is 7.85. The molecule has 0 aliphatic heterocycles.